The molecule has 4 rings (SSSR count). The molecule has 0 bridgehead atoms. The third-order valence-corrected chi connectivity index (χ3v) is 7.09. The van der Waals surface area contributed by atoms with Gasteiger partial charge >= 0.3 is 12.1 Å². The summed E-state index contributed by atoms with van der Waals surface area (Å²) < 4.78 is 5.60. The van der Waals surface area contributed by atoms with Crippen molar-refractivity contribution in [3.63, 3.8) is 0 Å². The minimum atomic E-state index is -0.955. The summed E-state index contributed by atoms with van der Waals surface area (Å²) in [5.74, 6) is -1.10. The molecule has 2 aromatic carbocycles. The van der Waals surface area contributed by atoms with Crippen molar-refractivity contribution in [1.29, 1.82) is 0 Å². The van der Waals surface area contributed by atoms with E-state index in [-0.39, 0.29) is 36.7 Å². The number of nitrogens with one attached hydrogen (secondary N) is 1. The monoisotopic (exact) mass is 464 g/mol. The van der Waals surface area contributed by atoms with Crippen LogP contribution in [0.2, 0.25) is 0 Å². The molecule has 1 aliphatic carbocycles. The van der Waals surface area contributed by atoms with Gasteiger partial charge in [-0.1, -0.05) is 62.4 Å². The second-order valence-electron chi connectivity index (χ2n) is 9.50. The predicted molar refractivity (Wildman–Crippen MR) is 128 cm³/mol. The fourth-order valence-electron chi connectivity index (χ4n) is 5.07. The predicted octanol–water partition coefficient (Wildman–Crippen LogP) is 4.26. The van der Waals surface area contributed by atoms with Crippen LogP contribution < -0.4 is 5.32 Å². The molecular formula is C27H32N2O5. The summed E-state index contributed by atoms with van der Waals surface area (Å²) in [7, 11) is 0. The lowest BCUT2D eigenvalue weighted by atomic mass is 9.91. The molecule has 0 spiro atoms. The number of likely N-dealkylation sites (tertiary alicyclic amines) is 1. The van der Waals surface area contributed by atoms with Gasteiger partial charge in [0, 0.05) is 25.4 Å². The van der Waals surface area contributed by atoms with Crippen LogP contribution in [0.1, 0.15) is 50.2 Å². The number of carbonyl (C=O) groups is 3. The van der Waals surface area contributed by atoms with E-state index < -0.39 is 18.1 Å². The van der Waals surface area contributed by atoms with Gasteiger partial charge in [0.1, 0.15) is 12.6 Å². The molecule has 1 heterocycles. The lowest BCUT2D eigenvalue weighted by Gasteiger charge is -2.26. The number of ether oxygens (including phenoxy) is 1. The van der Waals surface area contributed by atoms with E-state index in [0.717, 1.165) is 11.1 Å². The molecule has 0 radical (unpaired) electrons. The molecule has 0 saturated carbocycles. The third-order valence-electron chi connectivity index (χ3n) is 7.09. The van der Waals surface area contributed by atoms with Gasteiger partial charge in [0.25, 0.3) is 0 Å². The number of hydrogen-bond donors (Lipinski definition) is 2. The summed E-state index contributed by atoms with van der Waals surface area (Å²) in [4.78, 5) is 38.2. The average molecular weight is 465 g/mol. The second-order valence-corrected chi connectivity index (χ2v) is 9.50. The number of carboxylic acid groups (broad SMARTS) is 1. The van der Waals surface area contributed by atoms with Crippen molar-refractivity contribution in [2.24, 2.45) is 11.8 Å². The maximum atomic E-state index is 12.8. The number of rotatable bonds is 8. The maximum absolute atomic E-state index is 12.8. The smallest absolute Gasteiger partial charge is 0.407 e. The first kappa shape index (κ1) is 23.8. The molecule has 2 aromatic rings. The summed E-state index contributed by atoms with van der Waals surface area (Å²) in [6.45, 7) is 5.00. The van der Waals surface area contributed by atoms with Crippen LogP contribution in [0.3, 0.4) is 0 Å². The van der Waals surface area contributed by atoms with E-state index in [1.165, 1.54) is 16.0 Å². The first-order valence-corrected chi connectivity index (χ1v) is 12.0. The molecule has 180 valence electrons. The number of fused-ring (bicyclic) bond motifs is 3. The molecule has 0 aromatic heterocycles. The number of carboxylic acids is 1. The molecular weight excluding hydrogens is 432 g/mol. The van der Waals surface area contributed by atoms with Crippen molar-refractivity contribution in [3.05, 3.63) is 59.7 Å². The van der Waals surface area contributed by atoms with Crippen LogP contribution in [0.25, 0.3) is 11.1 Å². The number of nitrogens with zero attached hydrogens (tertiary/aromatic N) is 1. The number of amides is 2. The largest absolute Gasteiger partial charge is 0.480 e. The van der Waals surface area contributed by atoms with Gasteiger partial charge in [-0.05, 0) is 46.9 Å². The first-order valence-electron chi connectivity index (χ1n) is 12.0. The third kappa shape index (κ3) is 4.93. The van der Waals surface area contributed by atoms with Crippen molar-refractivity contribution < 1.29 is 24.2 Å². The van der Waals surface area contributed by atoms with Gasteiger partial charge < -0.3 is 20.1 Å². The Morgan fingerprint density at radius 2 is 1.68 bits per heavy atom. The second kappa shape index (κ2) is 10.3. The fraction of sp³-hybridized carbons (Fsp3) is 0.444. The fourth-order valence-corrected chi connectivity index (χ4v) is 5.07. The van der Waals surface area contributed by atoms with E-state index in [4.69, 9.17) is 4.74 Å². The molecule has 2 aliphatic rings. The Morgan fingerprint density at radius 3 is 2.26 bits per heavy atom. The van der Waals surface area contributed by atoms with Gasteiger partial charge in [-0.25, -0.2) is 9.59 Å². The summed E-state index contributed by atoms with van der Waals surface area (Å²) >= 11 is 0. The molecule has 2 atom stereocenters. The van der Waals surface area contributed by atoms with Crippen LogP contribution in [-0.4, -0.2) is 53.7 Å². The van der Waals surface area contributed by atoms with Crippen molar-refractivity contribution in [3.8, 4) is 11.1 Å². The zero-order valence-electron chi connectivity index (χ0n) is 19.7. The van der Waals surface area contributed by atoms with E-state index >= 15 is 0 Å². The van der Waals surface area contributed by atoms with Crippen LogP contribution in [0.5, 0.6) is 0 Å². The topological polar surface area (TPSA) is 95.9 Å². The lowest BCUT2D eigenvalue weighted by molar-refractivity contribution is -0.148. The van der Waals surface area contributed by atoms with Crippen LogP contribution in [0.4, 0.5) is 4.79 Å². The molecule has 2 unspecified atom stereocenters. The molecule has 34 heavy (non-hydrogen) atoms. The summed E-state index contributed by atoms with van der Waals surface area (Å²) in [6, 6.07) is 15.6. The Kier molecular flexibility index (Phi) is 7.20. The maximum Gasteiger partial charge on any atom is 0.407 e. The lowest BCUT2D eigenvalue weighted by Crippen LogP contribution is -2.42. The average Bonchev–Trinajstić information content (AvgIpc) is 3.44. The van der Waals surface area contributed by atoms with Gasteiger partial charge in [0.05, 0.1) is 0 Å². The summed E-state index contributed by atoms with van der Waals surface area (Å²) in [5.41, 5.74) is 4.65. The standard InChI is InChI=1S/C27H32N2O5/c1-17(2)18(14-25(30)29-13-7-12-24(29)26(31)32)15-28-27(33)34-16-23-21-10-5-3-8-19(21)20-9-4-6-11-22(20)23/h3-6,8-11,17-18,23-24H,7,12-16H2,1-2H3,(H,28,33)(H,31,32). The Balaban J connectivity index is 1.32. The Morgan fingerprint density at radius 1 is 1.06 bits per heavy atom. The molecule has 7 nitrogen and oxygen atoms in total. The number of carbonyl (C=O) groups excluding carboxylic acids is 2. The molecule has 1 aliphatic heterocycles. The van der Waals surface area contributed by atoms with Crippen molar-refractivity contribution >= 4 is 18.0 Å². The van der Waals surface area contributed by atoms with Crippen molar-refractivity contribution in [1.82, 2.24) is 10.2 Å². The highest BCUT2D eigenvalue weighted by atomic mass is 16.5. The summed E-state index contributed by atoms with van der Waals surface area (Å²) in [5, 5.41) is 12.2. The van der Waals surface area contributed by atoms with Gasteiger partial charge in [0.15, 0.2) is 0 Å². The van der Waals surface area contributed by atoms with E-state index in [9.17, 15) is 19.5 Å². The number of aliphatic carboxylic acids is 1. The number of hydrogen-bond acceptors (Lipinski definition) is 4. The quantitative estimate of drug-likeness (QED) is 0.609. The van der Waals surface area contributed by atoms with Crippen LogP contribution in [0.15, 0.2) is 48.5 Å². The zero-order chi connectivity index (χ0) is 24.2. The first-order chi connectivity index (χ1) is 16.4. The molecule has 1 fully saturated rings. The van der Waals surface area contributed by atoms with Crippen LogP contribution >= 0.6 is 0 Å². The van der Waals surface area contributed by atoms with Crippen molar-refractivity contribution in [2.75, 3.05) is 19.7 Å². The highest BCUT2D eigenvalue weighted by molar-refractivity contribution is 5.84. The highest BCUT2D eigenvalue weighted by Crippen LogP contribution is 2.44. The minimum absolute atomic E-state index is 0.0104. The highest BCUT2D eigenvalue weighted by Gasteiger charge is 2.35. The number of alkyl carbamates (subject to hydrolysis) is 1. The van der Waals surface area contributed by atoms with Gasteiger partial charge in [0.2, 0.25) is 5.91 Å². The minimum Gasteiger partial charge on any atom is -0.480 e. The van der Waals surface area contributed by atoms with Crippen molar-refractivity contribution in [2.45, 2.75) is 45.1 Å². The number of benzene rings is 2. The summed E-state index contributed by atoms with van der Waals surface area (Å²) in [6.07, 6.45) is 0.883. The normalized spacial score (nSPS) is 17.9. The molecule has 2 amide bonds. The van der Waals surface area contributed by atoms with Gasteiger partial charge in [-0.3, -0.25) is 4.79 Å². The Hall–Kier alpha value is -3.35. The molecule has 2 N–H and O–H groups in total. The Labute approximate surface area is 200 Å². The molecule has 1 saturated heterocycles. The van der Waals surface area contributed by atoms with Gasteiger partial charge in [-0.2, -0.15) is 0 Å². The molecule has 7 heteroatoms. The van der Waals surface area contributed by atoms with E-state index in [1.54, 1.807) is 0 Å². The van der Waals surface area contributed by atoms with E-state index in [1.807, 2.05) is 38.1 Å². The van der Waals surface area contributed by atoms with Crippen LogP contribution in [0, 0.1) is 11.8 Å². The van der Waals surface area contributed by atoms with Crippen LogP contribution in [-0.2, 0) is 14.3 Å². The van der Waals surface area contributed by atoms with Gasteiger partial charge in [-0.15, -0.1) is 0 Å². The van der Waals surface area contributed by atoms with E-state index in [2.05, 4.69) is 29.6 Å². The Bertz CT molecular complexity index is 1020. The van der Waals surface area contributed by atoms with E-state index in [0.29, 0.717) is 25.9 Å². The zero-order valence-corrected chi connectivity index (χ0v) is 19.7. The SMILES string of the molecule is CC(C)C(CNC(=O)OCC1c2ccccc2-c2ccccc21)CC(=O)N1CCCC1C(=O)O.